The molecule has 3 aromatic rings. The van der Waals surface area contributed by atoms with Crippen molar-refractivity contribution in [1.29, 1.82) is 0 Å². The molecule has 0 saturated carbocycles. The normalized spacial score (nSPS) is 15.8. The highest BCUT2D eigenvalue weighted by Gasteiger charge is 2.24. The molecular formula is C21H22N2O. The molecule has 0 atom stereocenters. The summed E-state index contributed by atoms with van der Waals surface area (Å²) < 4.78 is 0. The van der Waals surface area contributed by atoms with Crippen molar-refractivity contribution < 1.29 is 4.79 Å². The molecule has 2 aromatic carbocycles. The van der Waals surface area contributed by atoms with Crippen molar-refractivity contribution in [1.82, 2.24) is 9.88 Å². The summed E-state index contributed by atoms with van der Waals surface area (Å²) in [7, 11) is 0. The number of likely N-dealkylation sites (tertiary alicyclic amines) is 1. The van der Waals surface area contributed by atoms with Crippen LogP contribution in [0.25, 0.3) is 10.9 Å². The number of amides is 1. The maximum Gasteiger partial charge on any atom is 0.270 e. The quantitative estimate of drug-likeness (QED) is 0.769. The summed E-state index contributed by atoms with van der Waals surface area (Å²) in [6.07, 6.45) is 3.29. The summed E-state index contributed by atoms with van der Waals surface area (Å²) in [4.78, 5) is 18.0. The van der Waals surface area contributed by atoms with Gasteiger partial charge in [-0.3, -0.25) is 4.79 Å². The number of aromatic amines is 1. The number of carbonyl (C=O) groups excluding carboxylic acids is 1. The minimum absolute atomic E-state index is 0.129. The molecule has 1 aliphatic rings. The van der Waals surface area contributed by atoms with E-state index in [1.54, 1.807) is 0 Å². The second-order valence-corrected chi connectivity index (χ2v) is 6.70. The van der Waals surface area contributed by atoms with Gasteiger partial charge in [-0.05, 0) is 42.9 Å². The van der Waals surface area contributed by atoms with Crippen LogP contribution in [0.15, 0.2) is 60.7 Å². The molecule has 1 aliphatic heterocycles. The number of benzene rings is 2. The number of hydrogen-bond donors (Lipinski definition) is 1. The zero-order valence-corrected chi connectivity index (χ0v) is 13.7. The topological polar surface area (TPSA) is 36.1 Å². The molecule has 1 amide bonds. The number of nitrogens with zero attached hydrogens (tertiary/aromatic N) is 1. The summed E-state index contributed by atoms with van der Waals surface area (Å²) >= 11 is 0. The Morgan fingerprint density at radius 1 is 1.00 bits per heavy atom. The molecule has 3 nitrogen and oxygen atoms in total. The lowest BCUT2D eigenvalue weighted by Gasteiger charge is -2.31. The average molecular weight is 318 g/mol. The van der Waals surface area contributed by atoms with Crippen LogP contribution < -0.4 is 0 Å². The van der Waals surface area contributed by atoms with Crippen molar-refractivity contribution in [3.8, 4) is 0 Å². The Morgan fingerprint density at radius 3 is 2.46 bits per heavy atom. The summed E-state index contributed by atoms with van der Waals surface area (Å²) in [6.45, 7) is 1.71. The van der Waals surface area contributed by atoms with Gasteiger partial charge in [0.25, 0.3) is 5.91 Å². The predicted octanol–water partition coefficient (Wildman–Crippen LogP) is 4.26. The molecule has 0 bridgehead atoms. The van der Waals surface area contributed by atoms with E-state index in [2.05, 4.69) is 35.3 Å². The zero-order chi connectivity index (χ0) is 16.4. The Morgan fingerprint density at radius 2 is 1.71 bits per heavy atom. The lowest BCUT2D eigenvalue weighted by Crippen LogP contribution is -2.39. The van der Waals surface area contributed by atoms with Crippen molar-refractivity contribution in [2.45, 2.75) is 19.3 Å². The van der Waals surface area contributed by atoms with Crippen LogP contribution in [-0.2, 0) is 6.42 Å². The van der Waals surface area contributed by atoms with Crippen molar-refractivity contribution in [2.24, 2.45) is 5.92 Å². The lowest BCUT2D eigenvalue weighted by molar-refractivity contribution is 0.0685. The van der Waals surface area contributed by atoms with E-state index in [0.29, 0.717) is 11.6 Å². The Kier molecular flexibility index (Phi) is 4.08. The first-order valence-electron chi connectivity index (χ1n) is 8.70. The molecule has 0 radical (unpaired) electrons. The summed E-state index contributed by atoms with van der Waals surface area (Å²) in [5.74, 6) is 0.809. The molecule has 2 heterocycles. The summed E-state index contributed by atoms with van der Waals surface area (Å²) in [5.41, 5.74) is 3.13. The molecule has 0 aliphatic carbocycles. The fraction of sp³-hybridized carbons (Fsp3) is 0.286. The minimum atomic E-state index is 0.129. The number of fused-ring (bicyclic) bond motifs is 1. The number of nitrogens with one attached hydrogen (secondary N) is 1. The monoisotopic (exact) mass is 318 g/mol. The van der Waals surface area contributed by atoms with Crippen molar-refractivity contribution >= 4 is 16.8 Å². The number of H-pyrrole nitrogens is 1. The number of carbonyl (C=O) groups is 1. The van der Waals surface area contributed by atoms with Crippen molar-refractivity contribution in [3.63, 3.8) is 0 Å². The largest absolute Gasteiger partial charge is 0.351 e. The van der Waals surface area contributed by atoms with Gasteiger partial charge in [-0.25, -0.2) is 0 Å². The second-order valence-electron chi connectivity index (χ2n) is 6.70. The van der Waals surface area contributed by atoms with Crippen LogP contribution in [-0.4, -0.2) is 28.9 Å². The van der Waals surface area contributed by atoms with Gasteiger partial charge >= 0.3 is 0 Å². The third kappa shape index (κ3) is 3.07. The van der Waals surface area contributed by atoms with E-state index < -0.39 is 0 Å². The predicted molar refractivity (Wildman–Crippen MR) is 97.1 cm³/mol. The van der Waals surface area contributed by atoms with Gasteiger partial charge in [0.1, 0.15) is 5.69 Å². The fourth-order valence-corrected chi connectivity index (χ4v) is 3.65. The maximum atomic E-state index is 12.7. The van der Waals surface area contributed by atoms with Gasteiger partial charge in [0, 0.05) is 24.0 Å². The smallest absolute Gasteiger partial charge is 0.270 e. The zero-order valence-electron chi connectivity index (χ0n) is 13.7. The molecule has 1 fully saturated rings. The van der Waals surface area contributed by atoms with Gasteiger partial charge in [0.15, 0.2) is 0 Å². The van der Waals surface area contributed by atoms with Gasteiger partial charge in [0.2, 0.25) is 0 Å². The molecule has 122 valence electrons. The van der Waals surface area contributed by atoms with Gasteiger partial charge in [-0.15, -0.1) is 0 Å². The van der Waals surface area contributed by atoms with E-state index in [4.69, 9.17) is 0 Å². The van der Waals surface area contributed by atoms with Gasteiger partial charge < -0.3 is 9.88 Å². The molecule has 1 N–H and O–H groups in total. The highest BCUT2D eigenvalue weighted by atomic mass is 16.2. The van der Waals surface area contributed by atoms with Gasteiger partial charge in [-0.1, -0.05) is 48.5 Å². The van der Waals surface area contributed by atoms with Crippen LogP contribution in [0.1, 0.15) is 28.9 Å². The highest BCUT2D eigenvalue weighted by Crippen LogP contribution is 2.23. The van der Waals surface area contributed by atoms with Crippen LogP contribution in [0, 0.1) is 5.92 Å². The Labute approximate surface area is 142 Å². The Bertz CT molecular complexity index is 796. The van der Waals surface area contributed by atoms with E-state index in [-0.39, 0.29) is 5.91 Å². The summed E-state index contributed by atoms with van der Waals surface area (Å²) in [5, 5.41) is 1.10. The highest BCUT2D eigenvalue weighted by molar-refractivity contribution is 5.98. The van der Waals surface area contributed by atoms with Gasteiger partial charge in [0.05, 0.1) is 0 Å². The molecule has 1 aromatic heterocycles. The molecule has 24 heavy (non-hydrogen) atoms. The van der Waals surface area contributed by atoms with Crippen LogP contribution in [0.4, 0.5) is 0 Å². The average Bonchev–Trinajstić information content (AvgIpc) is 3.07. The molecule has 0 spiro atoms. The number of piperidine rings is 1. The standard InChI is InChI=1S/C21H22N2O/c24-21(20-15-18-8-4-5-9-19(18)22-20)23-12-10-17(11-13-23)14-16-6-2-1-3-7-16/h1-9,15,17,22H,10-14H2. The van der Waals surface area contributed by atoms with E-state index in [1.165, 1.54) is 5.56 Å². The molecule has 3 heteroatoms. The fourth-order valence-electron chi connectivity index (χ4n) is 3.65. The molecule has 0 unspecified atom stereocenters. The number of hydrogen-bond acceptors (Lipinski definition) is 1. The van der Waals surface area contributed by atoms with Gasteiger partial charge in [-0.2, -0.15) is 0 Å². The summed E-state index contributed by atoms with van der Waals surface area (Å²) in [6, 6.07) is 20.7. The third-order valence-corrected chi connectivity index (χ3v) is 5.03. The number of para-hydroxylation sites is 1. The first-order valence-corrected chi connectivity index (χ1v) is 8.70. The van der Waals surface area contributed by atoms with E-state index >= 15 is 0 Å². The van der Waals surface area contributed by atoms with Crippen molar-refractivity contribution in [2.75, 3.05) is 13.1 Å². The first-order chi connectivity index (χ1) is 11.8. The molecule has 4 rings (SSSR count). The molecule has 1 saturated heterocycles. The maximum absolute atomic E-state index is 12.7. The number of aromatic nitrogens is 1. The van der Waals surface area contributed by atoms with Crippen LogP contribution in [0.3, 0.4) is 0 Å². The SMILES string of the molecule is O=C(c1cc2ccccc2[nH]1)N1CCC(Cc2ccccc2)CC1. The molecular weight excluding hydrogens is 296 g/mol. The first kappa shape index (κ1) is 15.0. The second kappa shape index (κ2) is 6.52. The third-order valence-electron chi connectivity index (χ3n) is 5.03. The van der Waals surface area contributed by atoms with Crippen LogP contribution in [0.2, 0.25) is 0 Å². The van der Waals surface area contributed by atoms with E-state index in [0.717, 1.165) is 43.3 Å². The number of rotatable bonds is 3. The van der Waals surface area contributed by atoms with E-state index in [9.17, 15) is 4.79 Å². The Balaban J connectivity index is 1.39. The lowest BCUT2D eigenvalue weighted by atomic mass is 9.90. The van der Waals surface area contributed by atoms with Crippen LogP contribution >= 0.6 is 0 Å². The Hall–Kier alpha value is -2.55. The minimum Gasteiger partial charge on any atom is -0.351 e. The van der Waals surface area contributed by atoms with Crippen LogP contribution in [0.5, 0.6) is 0 Å². The van der Waals surface area contributed by atoms with E-state index in [1.807, 2.05) is 35.2 Å². The van der Waals surface area contributed by atoms with Crippen molar-refractivity contribution in [3.05, 3.63) is 71.9 Å².